The molecule has 0 aliphatic heterocycles. The average molecular weight is 421 g/mol. The van der Waals surface area contributed by atoms with E-state index in [-0.39, 0.29) is 11.6 Å². The third kappa shape index (κ3) is 6.67. The number of ether oxygens (including phenoxy) is 2. The van der Waals surface area contributed by atoms with Crippen LogP contribution in [0.25, 0.3) is 0 Å². The molecular weight excluding hydrogens is 399 g/mol. The fraction of sp³-hybridized carbons (Fsp3) is 0.333. The van der Waals surface area contributed by atoms with Crippen LogP contribution in [0.15, 0.2) is 35.3 Å². The Hall–Kier alpha value is -3.25. The molecule has 0 saturated carbocycles. The maximum Gasteiger partial charge on any atom is 0.226 e. The van der Waals surface area contributed by atoms with Crippen molar-refractivity contribution in [3.63, 3.8) is 0 Å². The normalized spacial score (nSPS) is 12.1. The summed E-state index contributed by atoms with van der Waals surface area (Å²) in [5, 5.41) is 7.89. The van der Waals surface area contributed by atoms with E-state index < -0.39 is 29.7 Å². The number of aromatic nitrogens is 2. The summed E-state index contributed by atoms with van der Waals surface area (Å²) >= 11 is 0. The van der Waals surface area contributed by atoms with Crippen molar-refractivity contribution in [2.75, 3.05) is 13.7 Å². The third-order valence-electron chi connectivity index (χ3n) is 3.84. The lowest BCUT2D eigenvalue weighted by Gasteiger charge is -2.13. The predicted molar refractivity (Wildman–Crippen MR) is 106 cm³/mol. The lowest BCUT2D eigenvalue weighted by atomic mass is 10.1. The van der Waals surface area contributed by atoms with E-state index >= 15 is 0 Å². The van der Waals surface area contributed by atoms with Crippen LogP contribution in [-0.4, -0.2) is 35.3 Å². The van der Waals surface area contributed by atoms with Gasteiger partial charge in [-0.25, -0.2) is 17.9 Å². The molecule has 0 saturated heterocycles. The highest BCUT2D eigenvalue weighted by Gasteiger charge is 2.15. The number of halogens is 3. The largest absolute Gasteiger partial charge is 0.438 e. The van der Waals surface area contributed by atoms with Crippen molar-refractivity contribution >= 4 is 6.21 Å². The SMILES string of the molecule is COC(C)(C)C#CC=C(F)CON=Cc1c(C)nn(C)c1Oc1cc(F)cc(F)c1. The number of hydrogen-bond acceptors (Lipinski definition) is 5. The molecule has 0 aliphatic rings. The Balaban J connectivity index is 2.07. The van der Waals surface area contributed by atoms with Crippen LogP contribution in [0.5, 0.6) is 11.6 Å². The molecule has 0 spiro atoms. The minimum Gasteiger partial charge on any atom is -0.438 e. The first-order valence-electron chi connectivity index (χ1n) is 8.86. The van der Waals surface area contributed by atoms with Crippen LogP contribution in [0, 0.1) is 30.4 Å². The van der Waals surface area contributed by atoms with Gasteiger partial charge in [0.1, 0.15) is 28.8 Å². The highest BCUT2D eigenvalue weighted by molar-refractivity contribution is 5.84. The van der Waals surface area contributed by atoms with Gasteiger partial charge < -0.3 is 14.3 Å². The van der Waals surface area contributed by atoms with Gasteiger partial charge in [-0.3, -0.25) is 0 Å². The monoisotopic (exact) mass is 421 g/mol. The van der Waals surface area contributed by atoms with Crippen LogP contribution in [0.1, 0.15) is 25.1 Å². The molecule has 6 nitrogen and oxygen atoms in total. The number of methoxy groups -OCH3 is 1. The Morgan fingerprint density at radius 1 is 1.27 bits per heavy atom. The highest BCUT2D eigenvalue weighted by atomic mass is 19.1. The van der Waals surface area contributed by atoms with Crippen LogP contribution in [-0.2, 0) is 16.6 Å². The number of hydrogen-bond donors (Lipinski definition) is 0. The standard InChI is InChI=1S/C21H22F3N3O3/c1-14-19(12-25-29-13-15(22)7-6-8-21(2,3)28-5)20(27(4)26-14)30-18-10-16(23)9-17(24)11-18/h7,9-12H,13H2,1-5H3. The van der Waals surface area contributed by atoms with Crippen LogP contribution >= 0.6 is 0 Å². The van der Waals surface area contributed by atoms with Gasteiger partial charge in [-0.2, -0.15) is 5.10 Å². The zero-order chi connectivity index (χ0) is 22.3. The van der Waals surface area contributed by atoms with E-state index in [9.17, 15) is 13.2 Å². The fourth-order valence-corrected chi connectivity index (χ4v) is 2.19. The van der Waals surface area contributed by atoms with Gasteiger partial charge in [-0.1, -0.05) is 17.0 Å². The van der Waals surface area contributed by atoms with Gasteiger partial charge in [0.05, 0.1) is 17.5 Å². The first-order chi connectivity index (χ1) is 14.1. The minimum absolute atomic E-state index is 0.0439. The summed E-state index contributed by atoms with van der Waals surface area (Å²) in [6, 6.07) is 2.81. The smallest absolute Gasteiger partial charge is 0.226 e. The summed E-state index contributed by atoms with van der Waals surface area (Å²) in [5.41, 5.74) is 0.253. The highest BCUT2D eigenvalue weighted by Crippen LogP contribution is 2.27. The number of benzene rings is 1. The van der Waals surface area contributed by atoms with Gasteiger partial charge >= 0.3 is 0 Å². The van der Waals surface area contributed by atoms with Crippen molar-refractivity contribution in [2.24, 2.45) is 12.2 Å². The molecule has 1 heterocycles. The molecule has 1 aromatic heterocycles. The average Bonchev–Trinajstić information content (AvgIpc) is 2.91. The quantitative estimate of drug-likeness (QED) is 0.377. The Morgan fingerprint density at radius 2 is 1.93 bits per heavy atom. The Labute approximate surface area is 172 Å². The first-order valence-corrected chi connectivity index (χ1v) is 8.86. The molecular formula is C21H22F3N3O3. The van der Waals surface area contributed by atoms with Crippen LogP contribution in [0.4, 0.5) is 13.2 Å². The molecule has 1 aromatic carbocycles. The van der Waals surface area contributed by atoms with E-state index in [1.807, 2.05) is 0 Å². The van der Waals surface area contributed by atoms with Crippen LogP contribution in [0.2, 0.25) is 0 Å². The van der Waals surface area contributed by atoms with Crippen molar-refractivity contribution in [3.05, 3.63) is 53.0 Å². The minimum atomic E-state index is -0.776. The second-order valence-corrected chi connectivity index (χ2v) is 6.72. The summed E-state index contributed by atoms with van der Waals surface area (Å²) in [4.78, 5) is 4.93. The van der Waals surface area contributed by atoms with Crippen LogP contribution < -0.4 is 4.74 Å². The molecule has 0 radical (unpaired) electrons. The molecule has 2 rings (SSSR count). The molecule has 30 heavy (non-hydrogen) atoms. The molecule has 0 atom stereocenters. The molecule has 0 amide bonds. The Kier molecular flexibility index (Phi) is 7.66. The van der Waals surface area contributed by atoms with Gasteiger partial charge in [0, 0.05) is 38.4 Å². The summed E-state index contributed by atoms with van der Waals surface area (Å²) in [7, 11) is 3.11. The summed E-state index contributed by atoms with van der Waals surface area (Å²) in [5.74, 6) is 3.26. The van der Waals surface area contributed by atoms with Crippen molar-refractivity contribution < 1.29 is 27.5 Å². The summed E-state index contributed by atoms with van der Waals surface area (Å²) in [6.45, 7) is 4.76. The van der Waals surface area contributed by atoms with Gasteiger partial charge in [0.25, 0.3) is 0 Å². The molecule has 0 aliphatic carbocycles. The fourth-order valence-electron chi connectivity index (χ4n) is 2.19. The van der Waals surface area contributed by atoms with Crippen molar-refractivity contribution in [3.8, 4) is 23.5 Å². The number of nitrogens with zero attached hydrogens (tertiary/aromatic N) is 3. The number of rotatable bonds is 7. The summed E-state index contributed by atoms with van der Waals surface area (Å²) < 4.78 is 52.6. The van der Waals surface area contributed by atoms with E-state index in [4.69, 9.17) is 14.3 Å². The van der Waals surface area contributed by atoms with Crippen molar-refractivity contribution in [2.45, 2.75) is 26.4 Å². The third-order valence-corrected chi connectivity index (χ3v) is 3.84. The van der Waals surface area contributed by atoms with E-state index in [0.29, 0.717) is 11.3 Å². The van der Waals surface area contributed by atoms with E-state index in [1.54, 1.807) is 27.8 Å². The van der Waals surface area contributed by atoms with E-state index in [1.165, 1.54) is 18.0 Å². The second kappa shape index (κ2) is 9.98. The molecule has 9 heteroatoms. The lowest BCUT2D eigenvalue weighted by Crippen LogP contribution is -2.18. The topological polar surface area (TPSA) is 57.9 Å². The zero-order valence-corrected chi connectivity index (χ0v) is 17.3. The number of allylic oxidation sites excluding steroid dienone is 1. The molecule has 0 fully saturated rings. The zero-order valence-electron chi connectivity index (χ0n) is 17.3. The molecule has 2 aromatic rings. The molecule has 0 bridgehead atoms. The molecule has 160 valence electrons. The summed E-state index contributed by atoms with van der Waals surface area (Å²) in [6.07, 6.45) is 2.35. The van der Waals surface area contributed by atoms with E-state index in [2.05, 4.69) is 22.1 Å². The van der Waals surface area contributed by atoms with Gasteiger partial charge in [0.2, 0.25) is 5.88 Å². The maximum atomic E-state index is 13.7. The number of aryl methyl sites for hydroxylation is 2. The first kappa shape index (κ1) is 23.0. The second-order valence-electron chi connectivity index (χ2n) is 6.72. The van der Waals surface area contributed by atoms with Crippen LogP contribution in [0.3, 0.4) is 0 Å². The van der Waals surface area contributed by atoms with Gasteiger partial charge in [-0.05, 0) is 20.8 Å². The van der Waals surface area contributed by atoms with E-state index in [0.717, 1.165) is 24.3 Å². The maximum absolute atomic E-state index is 13.7. The lowest BCUT2D eigenvalue weighted by molar-refractivity contribution is 0.0742. The Bertz CT molecular complexity index is 997. The van der Waals surface area contributed by atoms with Crippen molar-refractivity contribution in [1.29, 1.82) is 0 Å². The predicted octanol–water partition coefficient (Wildman–Crippen LogP) is 4.43. The number of oxime groups is 1. The van der Waals surface area contributed by atoms with Gasteiger partial charge in [0.15, 0.2) is 6.61 Å². The van der Waals surface area contributed by atoms with Gasteiger partial charge in [-0.15, -0.1) is 0 Å². The molecule has 0 N–H and O–H groups in total. The molecule has 0 unspecified atom stereocenters. The Morgan fingerprint density at radius 3 is 2.57 bits per heavy atom. The van der Waals surface area contributed by atoms with Crippen molar-refractivity contribution in [1.82, 2.24) is 9.78 Å².